The summed E-state index contributed by atoms with van der Waals surface area (Å²) in [5, 5.41) is 12.5. The predicted molar refractivity (Wildman–Crippen MR) is 67.4 cm³/mol. The Bertz CT molecular complexity index is 427. The molecule has 0 aromatic carbocycles. The van der Waals surface area contributed by atoms with Crippen molar-refractivity contribution in [3.63, 3.8) is 0 Å². The van der Waals surface area contributed by atoms with Crippen molar-refractivity contribution < 1.29 is 9.52 Å². The Hall–Kier alpha value is -0.620. The van der Waals surface area contributed by atoms with Crippen LogP contribution in [0.15, 0.2) is 38.7 Å². The Balaban J connectivity index is 1.93. The molecule has 2 aromatic rings. The number of aliphatic hydroxyl groups is 1. The van der Waals surface area contributed by atoms with Crippen LogP contribution in [-0.4, -0.2) is 11.7 Å². The van der Waals surface area contributed by atoms with Gasteiger partial charge in [-0.3, -0.25) is 0 Å². The van der Waals surface area contributed by atoms with Crippen molar-refractivity contribution in [3.8, 4) is 0 Å². The van der Waals surface area contributed by atoms with Gasteiger partial charge < -0.3 is 14.8 Å². The number of aliphatic hydroxyl groups excluding tert-OH is 1. The molecule has 2 aromatic heterocycles. The van der Waals surface area contributed by atoms with E-state index in [-0.39, 0.29) is 12.6 Å². The maximum absolute atomic E-state index is 9.25. The van der Waals surface area contributed by atoms with E-state index in [4.69, 9.17) is 4.42 Å². The number of nitrogens with one attached hydrogen (secondary N) is 1. The molecule has 0 saturated heterocycles. The first-order chi connectivity index (χ1) is 7.79. The van der Waals surface area contributed by atoms with Gasteiger partial charge in [0.15, 0.2) is 0 Å². The van der Waals surface area contributed by atoms with Gasteiger partial charge in [-0.1, -0.05) is 0 Å². The lowest BCUT2D eigenvalue weighted by Gasteiger charge is -2.12. The Morgan fingerprint density at radius 1 is 1.44 bits per heavy atom. The zero-order chi connectivity index (χ0) is 11.4. The van der Waals surface area contributed by atoms with Crippen molar-refractivity contribution in [2.75, 3.05) is 6.61 Å². The van der Waals surface area contributed by atoms with Gasteiger partial charge >= 0.3 is 0 Å². The van der Waals surface area contributed by atoms with Gasteiger partial charge in [0.1, 0.15) is 5.76 Å². The molecular formula is C11H12BrNO2S. The molecule has 0 aliphatic rings. The molecule has 86 valence electrons. The molecule has 2 N–H and O–H groups in total. The third-order valence-corrected chi connectivity index (χ3v) is 3.84. The quantitative estimate of drug-likeness (QED) is 0.892. The van der Waals surface area contributed by atoms with Crippen LogP contribution in [0.5, 0.6) is 0 Å². The summed E-state index contributed by atoms with van der Waals surface area (Å²) in [6.45, 7) is 0.752. The van der Waals surface area contributed by atoms with Gasteiger partial charge in [0, 0.05) is 11.4 Å². The van der Waals surface area contributed by atoms with Crippen molar-refractivity contribution in [1.82, 2.24) is 5.32 Å². The lowest BCUT2D eigenvalue weighted by atomic mass is 10.2. The normalized spacial score (nSPS) is 12.9. The fourth-order valence-corrected chi connectivity index (χ4v) is 2.85. The Labute approximate surface area is 106 Å². The predicted octanol–water partition coefficient (Wildman–Crippen LogP) is 2.93. The van der Waals surface area contributed by atoms with Gasteiger partial charge in [-0.05, 0) is 40.2 Å². The van der Waals surface area contributed by atoms with Crippen LogP contribution in [-0.2, 0) is 6.54 Å². The summed E-state index contributed by atoms with van der Waals surface area (Å²) >= 11 is 5.10. The molecule has 1 unspecified atom stereocenters. The van der Waals surface area contributed by atoms with Crippen LogP contribution in [0.2, 0.25) is 0 Å². The number of hydrogen-bond donors (Lipinski definition) is 2. The summed E-state index contributed by atoms with van der Waals surface area (Å²) in [5.74, 6) is 0.762. The van der Waals surface area contributed by atoms with E-state index < -0.39 is 0 Å². The topological polar surface area (TPSA) is 45.4 Å². The van der Waals surface area contributed by atoms with Crippen LogP contribution in [0.4, 0.5) is 0 Å². The van der Waals surface area contributed by atoms with E-state index >= 15 is 0 Å². The molecular weight excluding hydrogens is 290 g/mol. The summed E-state index contributed by atoms with van der Waals surface area (Å²) in [6.07, 6.45) is 1.61. The van der Waals surface area contributed by atoms with Crippen LogP contribution >= 0.6 is 27.3 Å². The van der Waals surface area contributed by atoms with E-state index in [0.717, 1.165) is 16.1 Å². The molecule has 0 saturated carbocycles. The summed E-state index contributed by atoms with van der Waals surface area (Å²) in [4.78, 5) is 1.22. The molecule has 1 atom stereocenters. The third-order valence-electron chi connectivity index (χ3n) is 2.22. The van der Waals surface area contributed by atoms with Crippen LogP contribution in [0, 0.1) is 0 Å². The first kappa shape index (κ1) is 11.9. The lowest BCUT2D eigenvalue weighted by molar-refractivity contribution is 0.226. The molecule has 5 heteroatoms. The molecule has 2 heterocycles. The second-order valence-electron chi connectivity index (χ2n) is 3.34. The number of halogens is 1. The van der Waals surface area contributed by atoms with Crippen molar-refractivity contribution in [3.05, 3.63) is 45.0 Å². The van der Waals surface area contributed by atoms with Crippen molar-refractivity contribution in [2.24, 2.45) is 0 Å². The molecule has 0 fully saturated rings. The zero-order valence-corrected chi connectivity index (χ0v) is 10.9. The van der Waals surface area contributed by atoms with Gasteiger partial charge in [0.25, 0.3) is 0 Å². The largest absolute Gasteiger partial charge is 0.468 e. The molecule has 0 spiro atoms. The monoisotopic (exact) mass is 301 g/mol. The van der Waals surface area contributed by atoms with Crippen molar-refractivity contribution >= 4 is 27.3 Å². The van der Waals surface area contributed by atoms with E-state index in [1.54, 1.807) is 17.6 Å². The van der Waals surface area contributed by atoms with E-state index in [0.29, 0.717) is 0 Å². The molecule has 0 aliphatic carbocycles. The lowest BCUT2D eigenvalue weighted by Crippen LogP contribution is -2.23. The second kappa shape index (κ2) is 5.63. The molecule has 3 nitrogen and oxygen atoms in total. The molecule has 2 rings (SSSR count). The maximum atomic E-state index is 9.25. The van der Waals surface area contributed by atoms with E-state index in [9.17, 15) is 5.11 Å². The van der Waals surface area contributed by atoms with Crippen LogP contribution < -0.4 is 5.32 Å². The minimum Gasteiger partial charge on any atom is -0.468 e. The summed E-state index contributed by atoms with van der Waals surface area (Å²) < 4.78 is 6.37. The van der Waals surface area contributed by atoms with Gasteiger partial charge in [0.2, 0.25) is 0 Å². The number of furan rings is 1. The van der Waals surface area contributed by atoms with Crippen LogP contribution in [0.3, 0.4) is 0 Å². The van der Waals surface area contributed by atoms with E-state index in [1.807, 2.05) is 18.2 Å². The molecule has 0 radical (unpaired) electrons. The average Bonchev–Trinajstić information content (AvgIpc) is 2.91. The van der Waals surface area contributed by atoms with Gasteiger partial charge in [-0.25, -0.2) is 0 Å². The van der Waals surface area contributed by atoms with Gasteiger partial charge in [-0.2, -0.15) is 0 Å². The van der Waals surface area contributed by atoms with E-state index in [1.165, 1.54) is 4.88 Å². The highest BCUT2D eigenvalue weighted by atomic mass is 79.9. The number of thiophene rings is 1. The summed E-state index contributed by atoms with van der Waals surface area (Å²) in [5.41, 5.74) is 0. The molecule has 0 aliphatic heterocycles. The van der Waals surface area contributed by atoms with Crippen molar-refractivity contribution in [2.45, 2.75) is 12.6 Å². The van der Waals surface area contributed by atoms with Crippen LogP contribution in [0.1, 0.15) is 16.7 Å². The summed E-state index contributed by atoms with van der Waals surface area (Å²) in [6, 6.07) is 7.61. The van der Waals surface area contributed by atoms with Gasteiger partial charge in [-0.15, -0.1) is 11.3 Å². The molecule has 16 heavy (non-hydrogen) atoms. The highest BCUT2D eigenvalue weighted by Gasteiger charge is 2.12. The second-order valence-corrected chi connectivity index (χ2v) is 5.88. The minimum absolute atomic E-state index is 0.0278. The average molecular weight is 302 g/mol. The highest BCUT2D eigenvalue weighted by molar-refractivity contribution is 9.11. The fourth-order valence-electron chi connectivity index (χ4n) is 1.42. The molecule has 0 bridgehead atoms. The first-order valence-electron chi connectivity index (χ1n) is 4.91. The number of rotatable bonds is 5. The first-order valence-corrected chi connectivity index (χ1v) is 6.52. The van der Waals surface area contributed by atoms with Crippen LogP contribution in [0.25, 0.3) is 0 Å². The highest BCUT2D eigenvalue weighted by Crippen LogP contribution is 2.22. The fraction of sp³-hybridized carbons (Fsp3) is 0.273. The minimum atomic E-state index is -0.143. The number of hydrogen-bond acceptors (Lipinski definition) is 4. The summed E-state index contributed by atoms with van der Waals surface area (Å²) in [7, 11) is 0. The zero-order valence-electron chi connectivity index (χ0n) is 8.52. The Morgan fingerprint density at radius 2 is 2.31 bits per heavy atom. The third kappa shape index (κ3) is 2.95. The van der Waals surface area contributed by atoms with Gasteiger partial charge in [0.05, 0.1) is 22.7 Å². The standard InChI is InChI=1S/C11H12BrNO2S/c12-11-4-3-8(16-11)6-13-9(7-14)10-2-1-5-15-10/h1-5,9,13-14H,6-7H2. The van der Waals surface area contributed by atoms with E-state index in [2.05, 4.69) is 27.3 Å². The Morgan fingerprint density at radius 3 is 2.88 bits per heavy atom. The SMILES string of the molecule is OCC(NCc1ccc(Br)s1)c1ccco1. The Kier molecular flexibility index (Phi) is 4.17. The maximum Gasteiger partial charge on any atom is 0.123 e. The smallest absolute Gasteiger partial charge is 0.123 e. The molecule has 0 amide bonds. The van der Waals surface area contributed by atoms with Crippen molar-refractivity contribution in [1.29, 1.82) is 0 Å².